The first-order valence-electron chi connectivity index (χ1n) is 10.1. The van der Waals surface area contributed by atoms with E-state index in [9.17, 15) is 9.18 Å². The number of carbonyl (C=O) groups excluding carboxylic acids is 1. The lowest BCUT2D eigenvalue weighted by molar-refractivity contribution is -0.143. The Bertz CT molecular complexity index is 881. The summed E-state index contributed by atoms with van der Waals surface area (Å²) in [5, 5.41) is 0.429. The van der Waals surface area contributed by atoms with E-state index in [4.69, 9.17) is 11.6 Å². The van der Waals surface area contributed by atoms with E-state index in [1.54, 1.807) is 12.4 Å². The lowest BCUT2D eigenvalue weighted by Crippen LogP contribution is -2.58. The predicted molar refractivity (Wildman–Crippen MR) is 104 cm³/mol. The Morgan fingerprint density at radius 1 is 1.25 bits per heavy atom. The smallest absolute Gasteiger partial charge is 0.226 e. The number of nitrogens with one attached hydrogen (secondary N) is 1. The van der Waals surface area contributed by atoms with Crippen LogP contribution in [0.5, 0.6) is 0 Å². The van der Waals surface area contributed by atoms with Crippen LogP contribution < -0.4 is 0 Å². The number of nitrogens with zero attached hydrogens (tertiary/aromatic N) is 3. The van der Waals surface area contributed by atoms with E-state index in [1.165, 1.54) is 11.8 Å². The molecule has 2 aliphatic heterocycles. The standard InChI is InChI=1S/C21H24ClFN4O/c22-16-9-14(10-17(23)11-16)12-26-7-4-21(5-8-26)19-18(24-13-25-19)3-6-27(21)20(28)15-1-2-15/h9-11,13,15H,1-8,12H2,(H,24,25). The van der Waals surface area contributed by atoms with Crippen LogP contribution in [0.2, 0.25) is 5.02 Å². The van der Waals surface area contributed by atoms with Crippen LogP contribution in [0.25, 0.3) is 0 Å². The molecule has 148 valence electrons. The Morgan fingerprint density at radius 3 is 2.75 bits per heavy atom. The number of hydrogen-bond donors (Lipinski definition) is 1. The molecule has 1 amide bonds. The summed E-state index contributed by atoms with van der Waals surface area (Å²) in [6.07, 6.45) is 6.36. The van der Waals surface area contributed by atoms with E-state index < -0.39 is 0 Å². The van der Waals surface area contributed by atoms with Gasteiger partial charge in [0.05, 0.1) is 17.6 Å². The van der Waals surface area contributed by atoms with Gasteiger partial charge in [-0.1, -0.05) is 11.6 Å². The van der Waals surface area contributed by atoms with Crippen molar-refractivity contribution in [3.8, 4) is 0 Å². The van der Waals surface area contributed by atoms with Gasteiger partial charge in [0, 0.05) is 49.2 Å². The minimum Gasteiger partial charge on any atom is -0.348 e. The summed E-state index contributed by atoms with van der Waals surface area (Å²) in [6, 6.07) is 4.70. The van der Waals surface area contributed by atoms with Crippen molar-refractivity contribution in [3.63, 3.8) is 0 Å². The van der Waals surface area contributed by atoms with E-state index in [0.717, 1.165) is 63.0 Å². The number of piperidine rings is 1. The first-order valence-corrected chi connectivity index (χ1v) is 10.4. The molecule has 7 heteroatoms. The number of halogens is 2. The molecule has 3 aliphatic rings. The Hall–Kier alpha value is -1.92. The fourth-order valence-electron chi connectivity index (χ4n) is 4.90. The molecule has 1 saturated heterocycles. The summed E-state index contributed by atoms with van der Waals surface area (Å²) in [6.45, 7) is 3.12. The van der Waals surface area contributed by atoms with Gasteiger partial charge < -0.3 is 9.88 Å². The van der Waals surface area contributed by atoms with Crippen molar-refractivity contribution in [2.24, 2.45) is 5.92 Å². The number of likely N-dealkylation sites (tertiary alicyclic amines) is 1. The van der Waals surface area contributed by atoms with Crippen LogP contribution in [0, 0.1) is 11.7 Å². The molecule has 1 aromatic heterocycles. The van der Waals surface area contributed by atoms with E-state index in [-0.39, 0.29) is 17.3 Å². The zero-order valence-corrected chi connectivity index (χ0v) is 16.5. The number of H-pyrrole nitrogens is 1. The van der Waals surface area contributed by atoms with Gasteiger partial charge in [-0.15, -0.1) is 0 Å². The molecule has 1 saturated carbocycles. The normalized spacial score (nSPS) is 21.7. The third kappa shape index (κ3) is 3.12. The van der Waals surface area contributed by atoms with E-state index in [0.29, 0.717) is 17.5 Å². The second kappa shape index (κ2) is 6.85. The van der Waals surface area contributed by atoms with E-state index >= 15 is 0 Å². The first kappa shape index (κ1) is 18.1. The van der Waals surface area contributed by atoms with Gasteiger partial charge >= 0.3 is 0 Å². The highest BCUT2D eigenvalue weighted by molar-refractivity contribution is 6.30. The third-order valence-electron chi connectivity index (χ3n) is 6.47. The quantitative estimate of drug-likeness (QED) is 0.855. The van der Waals surface area contributed by atoms with Crippen LogP contribution >= 0.6 is 11.6 Å². The summed E-state index contributed by atoms with van der Waals surface area (Å²) in [5.74, 6) is 0.217. The largest absolute Gasteiger partial charge is 0.348 e. The number of hydrogen-bond acceptors (Lipinski definition) is 3. The van der Waals surface area contributed by atoms with Crippen molar-refractivity contribution >= 4 is 17.5 Å². The Morgan fingerprint density at radius 2 is 2.04 bits per heavy atom. The maximum absolute atomic E-state index is 13.7. The van der Waals surface area contributed by atoms with Gasteiger partial charge in [-0.05, 0) is 49.4 Å². The van der Waals surface area contributed by atoms with Crippen LogP contribution in [0.15, 0.2) is 24.5 Å². The number of fused-ring (bicyclic) bond motifs is 2. The van der Waals surface area contributed by atoms with Crippen molar-refractivity contribution in [3.05, 3.63) is 52.3 Å². The van der Waals surface area contributed by atoms with Crippen LogP contribution in [0.4, 0.5) is 4.39 Å². The highest BCUT2D eigenvalue weighted by atomic mass is 35.5. The molecular weight excluding hydrogens is 379 g/mol. The van der Waals surface area contributed by atoms with Crippen LogP contribution in [-0.2, 0) is 23.3 Å². The van der Waals surface area contributed by atoms with Crippen molar-refractivity contribution < 1.29 is 9.18 Å². The molecule has 0 radical (unpaired) electrons. The minimum absolute atomic E-state index is 0.213. The van der Waals surface area contributed by atoms with Gasteiger partial charge in [-0.2, -0.15) is 0 Å². The van der Waals surface area contributed by atoms with Crippen molar-refractivity contribution in [1.82, 2.24) is 19.8 Å². The van der Waals surface area contributed by atoms with Crippen molar-refractivity contribution in [2.45, 2.75) is 44.2 Å². The molecule has 0 unspecified atom stereocenters. The van der Waals surface area contributed by atoms with Crippen LogP contribution in [-0.4, -0.2) is 45.3 Å². The molecule has 1 spiro atoms. The van der Waals surface area contributed by atoms with Gasteiger partial charge in [-0.25, -0.2) is 9.37 Å². The molecule has 1 N–H and O–H groups in total. The molecule has 1 aromatic carbocycles. The highest BCUT2D eigenvalue weighted by Crippen LogP contribution is 2.45. The van der Waals surface area contributed by atoms with Gasteiger partial charge in [-0.3, -0.25) is 9.69 Å². The predicted octanol–water partition coefficient (Wildman–Crippen LogP) is 3.49. The second-order valence-electron chi connectivity index (χ2n) is 8.33. The molecule has 1 aliphatic carbocycles. The lowest BCUT2D eigenvalue weighted by Gasteiger charge is -2.50. The Labute approximate surface area is 168 Å². The molecule has 0 bridgehead atoms. The summed E-state index contributed by atoms with van der Waals surface area (Å²) in [4.78, 5) is 25.4. The summed E-state index contributed by atoms with van der Waals surface area (Å²) >= 11 is 6.00. The van der Waals surface area contributed by atoms with Crippen LogP contribution in [0.3, 0.4) is 0 Å². The molecule has 5 nitrogen and oxygen atoms in total. The summed E-state index contributed by atoms with van der Waals surface area (Å²) in [5.41, 5.74) is 2.81. The fraction of sp³-hybridized carbons (Fsp3) is 0.524. The average Bonchev–Trinajstić information content (AvgIpc) is 3.40. The maximum Gasteiger partial charge on any atom is 0.226 e. The average molecular weight is 403 g/mol. The zero-order valence-electron chi connectivity index (χ0n) is 15.8. The number of benzene rings is 1. The van der Waals surface area contributed by atoms with E-state index in [2.05, 4.69) is 19.8 Å². The SMILES string of the molecule is O=C(C1CC1)N1CCc2[nH]cnc2C12CCN(Cc1cc(F)cc(Cl)c1)CC2. The van der Waals surface area contributed by atoms with Gasteiger partial charge in [0.25, 0.3) is 0 Å². The maximum atomic E-state index is 13.7. The molecule has 2 aromatic rings. The monoisotopic (exact) mass is 402 g/mol. The highest BCUT2D eigenvalue weighted by Gasteiger charge is 2.50. The molecule has 2 fully saturated rings. The van der Waals surface area contributed by atoms with Crippen molar-refractivity contribution in [2.75, 3.05) is 19.6 Å². The molecule has 3 heterocycles. The number of rotatable bonds is 3. The molecule has 0 atom stereocenters. The Kier molecular flexibility index (Phi) is 4.43. The molecule has 28 heavy (non-hydrogen) atoms. The molecular formula is C21H24ClFN4O. The number of carbonyl (C=O) groups is 1. The number of amides is 1. The summed E-state index contributed by atoms with van der Waals surface area (Å²) < 4.78 is 13.7. The van der Waals surface area contributed by atoms with Crippen molar-refractivity contribution in [1.29, 1.82) is 0 Å². The van der Waals surface area contributed by atoms with Crippen LogP contribution in [0.1, 0.15) is 42.6 Å². The minimum atomic E-state index is -0.302. The first-order chi connectivity index (χ1) is 13.5. The molecule has 5 rings (SSSR count). The van der Waals surface area contributed by atoms with Gasteiger partial charge in [0.1, 0.15) is 5.82 Å². The zero-order chi connectivity index (χ0) is 19.3. The topological polar surface area (TPSA) is 52.2 Å². The summed E-state index contributed by atoms with van der Waals surface area (Å²) in [7, 11) is 0. The number of aromatic amines is 1. The Balaban J connectivity index is 1.37. The van der Waals surface area contributed by atoms with E-state index in [1.807, 2.05) is 6.07 Å². The van der Waals surface area contributed by atoms with Gasteiger partial charge in [0.15, 0.2) is 0 Å². The second-order valence-corrected chi connectivity index (χ2v) is 8.77. The fourth-order valence-corrected chi connectivity index (χ4v) is 5.14. The third-order valence-corrected chi connectivity index (χ3v) is 6.68. The number of imidazole rings is 1. The van der Waals surface area contributed by atoms with Gasteiger partial charge in [0.2, 0.25) is 5.91 Å². The number of aromatic nitrogens is 2. The lowest BCUT2D eigenvalue weighted by atomic mass is 9.78.